The van der Waals surface area contributed by atoms with Gasteiger partial charge in [-0.25, -0.2) is 4.39 Å². The van der Waals surface area contributed by atoms with E-state index in [0.717, 1.165) is 5.75 Å². The molecular formula is C22H21FN4O2S. The molecule has 4 rings (SSSR count). The van der Waals surface area contributed by atoms with Crippen molar-refractivity contribution in [3.05, 3.63) is 59.9 Å². The third kappa shape index (κ3) is 3.87. The van der Waals surface area contributed by atoms with Gasteiger partial charge in [-0.15, -0.1) is 10.2 Å². The molecule has 1 amide bonds. The predicted octanol–water partition coefficient (Wildman–Crippen LogP) is 4.87. The second kappa shape index (κ2) is 8.39. The van der Waals surface area contributed by atoms with Gasteiger partial charge in [0.15, 0.2) is 5.69 Å². The molecule has 1 aromatic heterocycles. The van der Waals surface area contributed by atoms with Crippen molar-refractivity contribution in [1.29, 1.82) is 0 Å². The number of nitrogens with zero attached hydrogens (tertiary/aromatic N) is 4. The van der Waals surface area contributed by atoms with Gasteiger partial charge in [-0.05, 0) is 18.1 Å². The number of fused-ring (bicyclic) bond motifs is 3. The number of rotatable bonds is 4. The molecule has 154 valence electrons. The molecule has 2 aromatic carbocycles. The van der Waals surface area contributed by atoms with Crippen LogP contribution in [0.2, 0.25) is 0 Å². The second-order valence-electron chi connectivity index (χ2n) is 7.35. The summed E-state index contributed by atoms with van der Waals surface area (Å²) in [6.07, 6.45) is -1.02. The highest BCUT2D eigenvalue weighted by Crippen LogP contribution is 2.43. The average molecular weight is 425 g/mol. The molecule has 0 bridgehead atoms. The van der Waals surface area contributed by atoms with Crippen LogP contribution < -0.4 is 9.64 Å². The van der Waals surface area contributed by atoms with Crippen molar-refractivity contribution >= 4 is 23.4 Å². The molecule has 1 atom stereocenters. The summed E-state index contributed by atoms with van der Waals surface area (Å²) < 4.78 is 20.9. The number of amides is 1. The molecule has 0 saturated heterocycles. The molecule has 0 unspecified atom stereocenters. The Morgan fingerprint density at radius 3 is 2.63 bits per heavy atom. The van der Waals surface area contributed by atoms with Crippen LogP contribution >= 0.6 is 11.8 Å². The zero-order valence-electron chi connectivity index (χ0n) is 16.9. The number of benzene rings is 2. The lowest BCUT2D eigenvalue weighted by Crippen LogP contribution is -2.36. The molecule has 0 fully saturated rings. The fourth-order valence-corrected chi connectivity index (χ4v) is 3.96. The zero-order valence-corrected chi connectivity index (χ0v) is 17.7. The minimum absolute atomic E-state index is 0.223. The van der Waals surface area contributed by atoms with E-state index >= 15 is 0 Å². The van der Waals surface area contributed by atoms with E-state index in [4.69, 9.17) is 4.74 Å². The van der Waals surface area contributed by atoms with E-state index in [-0.39, 0.29) is 17.4 Å². The van der Waals surface area contributed by atoms with Crippen LogP contribution in [0.3, 0.4) is 0 Å². The third-order valence-corrected chi connectivity index (χ3v) is 5.83. The summed E-state index contributed by atoms with van der Waals surface area (Å²) in [5, 5.41) is 9.06. The monoisotopic (exact) mass is 424 g/mol. The number of ether oxygens (including phenoxy) is 1. The molecule has 8 heteroatoms. The lowest BCUT2D eigenvalue weighted by atomic mass is 10.1. The fraction of sp³-hybridized carbons (Fsp3) is 0.273. The Bertz CT molecular complexity index is 1090. The summed E-state index contributed by atoms with van der Waals surface area (Å²) in [6.45, 7) is 5.64. The van der Waals surface area contributed by atoms with E-state index in [1.807, 2.05) is 18.2 Å². The Labute approximate surface area is 178 Å². The number of hydrogen-bond acceptors (Lipinski definition) is 6. The van der Waals surface area contributed by atoms with E-state index in [1.54, 1.807) is 24.3 Å². The van der Waals surface area contributed by atoms with Gasteiger partial charge < -0.3 is 4.74 Å². The normalized spacial score (nSPS) is 15.2. The van der Waals surface area contributed by atoms with Gasteiger partial charge in [0.2, 0.25) is 23.2 Å². The van der Waals surface area contributed by atoms with Crippen LogP contribution in [0.5, 0.6) is 5.88 Å². The summed E-state index contributed by atoms with van der Waals surface area (Å²) >= 11 is 1.48. The fourth-order valence-electron chi connectivity index (χ4n) is 3.23. The topological polar surface area (TPSA) is 68.2 Å². The lowest BCUT2D eigenvalue weighted by molar-refractivity contribution is -0.118. The van der Waals surface area contributed by atoms with Gasteiger partial charge in [0.25, 0.3) is 0 Å². The molecule has 1 aliphatic heterocycles. The van der Waals surface area contributed by atoms with Crippen LogP contribution in [0.4, 0.5) is 10.1 Å². The van der Waals surface area contributed by atoms with Crippen molar-refractivity contribution in [2.24, 2.45) is 5.92 Å². The average Bonchev–Trinajstić information content (AvgIpc) is 2.86. The molecule has 0 spiro atoms. The van der Waals surface area contributed by atoms with Crippen LogP contribution in [0, 0.1) is 11.7 Å². The molecular weight excluding hydrogens is 403 g/mol. The maximum absolute atomic E-state index is 14.7. The van der Waals surface area contributed by atoms with E-state index in [2.05, 4.69) is 29.0 Å². The Kier molecular flexibility index (Phi) is 5.67. The summed E-state index contributed by atoms with van der Waals surface area (Å²) in [4.78, 5) is 18.6. The maximum Gasteiger partial charge on any atom is 0.247 e. The van der Waals surface area contributed by atoms with Gasteiger partial charge in [0, 0.05) is 23.8 Å². The quantitative estimate of drug-likeness (QED) is 0.557. The van der Waals surface area contributed by atoms with Crippen molar-refractivity contribution in [2.75, 3.05) is 10.7 Å². The molecule has 0 aliphatic carbocycles. The largest absolute Gasteiger partial charge is 0.447 e. The number of anilines is 1. The Morgan fingerprint density at radius 2 is 1.90 bits per heavy atom. The van der Waals surface area contributed by atoms with Crippen LogP contribution in [0.1, 0.15) is 32.6 Å². The number of aromatic nitrogens is 3. The first-order chi connectivity index (χ1) is 14.5. The highest BCUT2D eigenvalue weighted by atomic mass is 32.2. The minimum atomic E-state index is -1.02. The highest BCUT2D eigenvalue weighted by molar-refractivity contribution is 7.99. The van der Waals surface area contributed by atoms with E-state index in [9.17, 15) is 9.18 Å². The van der Waals surface area contributed by atoms with Gasteiger partial charge in [0.05, 0.1) is 5.69 Å². The van der Waals surface area contributed by atoms with Crippen LogP contribution in [-0.4, -0.2) is 26.8 Å². The standard InChI is InChI=1S/C22H21FN4O2S/c1-13(2)12-30-22-24-20-19(25-26-22)16-9-5-7-11-18(16)27(14(3)28)21(29-20)15-8-4-6-10-17(15)23/h4-11,13,21H,12H2,1-3H3/t21-/m1/s1. The molecule has 0 saturated carbocycles. The molecule has 30 heavy (non-hydrogen) atoms. The molecule has 2 heterocycles. The summed E-state index contributed by atoms with van der Waals surface area (Å²) in [7, 11) is 0. The Balaban J connectivity index is 1.89. The van der Waals surface area contributed by atoms with Crippen LogP contribution in [-0.2, 0) is 4.79 Å². The first kappa shape index (κ1) is 20.3. The van der Waals surface area contributed by atoms with Crippen molar-refractivity contribution in [3.8, 4) is 17.1 Å². The van der Waals surface area contributed by atoms with Crippen LogP contribution in [0.15, 0.2) is 53.7 Å². The highest BCUT2D eigenvalue weighted by Gasteiger charge is 2.35. The van der Waals surface area contributed by atoms with Crippen molar-refractivity contribution < 1.29 is 13.9 Å². The number of halogens is 1. The second-order valence-corrected chi connectivity index (χ2v) is 8.34. The molecule has 0 N–H and O–H groups in total. The number of thioether (sulfide) groups is 1. The Morgan fingerprint density at radius 1 is 1.17 bits per heavy atom. The van der Waals surface area contributed by atoms with E-state index < -0.39 is 12.0 Å². The Hall–Kier alpha value is -3.00. The minimum Gasteiger partial charge on any atom is -0.447 e. The molecule has 1 aliphatic rings. The predicted molar refractivity (Wildman–Crippen MR) is 114 cm³/mol. The van der Waals surface area contributed by atoms with Gasteiger partial charge in [-0.3, -0.25) is 9.69 Å². The third-order valence-electron chi connectivity index (χ3n) is 4.57. The maximum atomic E-state index is 14.7. The SMILES string of the molecule is CC(=O)N1c2ccccc2-c2nnc(SCC(C)C)nc2O[C@@H]1c1ccccc1F. The van der Waals surface area contributed by atoms with Gasteiger partial charge >= 0.3 is 0 Å². The van der Waals surface area contributed by atoms with Crippen molar-refractivity contribution in [2.45, 2.75) is 32.2 Å². The molecule has 3 aromatic rings. The lowest BCUT2D eigenvalue weighted by Gasteiger charge is -2.30. The number of carbonyl (C=O) groups excluding carboxylic acids is 1. The number of carbonyl (C=O) groups is 1. The zero-order chi connectivity index (χ0) is 21.3. The smallest absolute Gasteiger partial charge is 0.247 e. The van der Waals surface area contributed by atoms with Crippen molar-refractivity contribution in [3.63, 3.8) is 0 Å². The van der Waals surface area contributed by atoms with Crippen molar-refractivity contribution in [1.82, 2.24) is 15.2 Å². The number of hydrogen-bond donors (Lipinski definition) is 0. The summed E-state index contributed by atoms with van der Waals surface area (Å²) in [6, 6.07) is 13.5. The first-order valence-corrected chi connectivity index (χ1v) is 10.6. The van der Waals surface area contributed by atoms with E-state index in [1.165, 1.54) is 29.7 Å². The molecule has 6 nitrogen and oxygen atoms in total. The number of para-hydroxylation sites is 1. The van der Waals surface area contributed by atoms with Gasteiger partial charge in [-0.1, -0.05) is 62.0 Å². The summed E-state index contributed by atoms with van der Waals surface area (Å²) in [5.41, 5.74) is 1.88. The first-order valence-electron chi connectivity index (χ1n) is 9.63. The molecule has 0 radical (unpaired) electrons. The summed E-state index contributed by atoms with van der Waals surface area (Å²) in [5.74, 6) is 0.754. The van der Waals surface area contributed by atoms with Gasteiger partial charge in [0.1, 0.15) is 5.82 Å². The van der Waals surface area contributed by atoms with Gasteiger partial charge in [-0.2, -0.15) is 4.98 Å². The van der Waals surface area contributed by atoms with E-state index in [0.29, 0.717) is 28.0 Å². The van der Waals surface area contributed by atoms with Crippen LogP contribution in [0.25, 0.3) is 11.3 Å².